The van der Waals surface area contributed by atoms with Gasteiger partial charge >= 0.3 is 5.97 Å². The van der Waals surface area contributed by atoms with E-state index in [4.69, 9.17) is 0 Å². The lowest BCUT2D eigenvalue weighted by Crippen LogP contribution is -2.54. The highest BCUT2D eigenvalue weighted by molar-refractivity contribution is 5.75. The molecule has 2 nitrogen and oxygen atoms in total. The first-order chi connectivity index (χ1) is 10.3. The first-order valence-electron chi connectivity index (χ1n) is 8.84. The Morgan fingerprint density at radius 2 is 2.00 bits per heavy atom. The van der Waals surface area contributed by atoms with E-state index in [2.05, 4.69) is 32.6 Å². The van der Waals surface area contributed by atoms with E-state index in [1.165, 1.54) is 12.8 Å². The van der Waals surface area contributed by atoms with Crippen molar-refractivity contribution in [3.63, 3.8) is 0 Å². The third-order valence-electron chi connectivity index (χ3n) is 7.38. The van der Waals surface area contributed by atoms with Crippen LogP contribution >= 0.6 is 0 Å². The standard InChI is InChI=1S/C20H30O2/c1-5-18(2)12-9-15-14(13-18)7-8-16-19(15,3)10-6-11-20(16,4)17(21)22/h5,13,15-16H,1,6-12H2,2-4H3,(H,21,22)/t15-,16-,18-,19-,20+/m0/s1. The maximum atomic E-state index is 12.0. The first kappa shape index (κ1) is 15.8. The number of hydrogen-bond acceptors (Lipinski definition) is 1. The number of aliphatic carboxylic acids is 1. The number of rotatable bonds is 2. The van der Waals surface area contributed by atoms with Crippen molar-refractivity contribution < 1.29 is 9.90 Å². The Hall–Kier alpha value is -1.05. The summed E-state index contributed by atoms with van der Waals surface area (Å²) in [6.07, 6.45) is 12.1. The van der Waals surface area contributed by atoms with Gasteiger partial charge in [0.25, 0.3) is 0 Å². The molecule has 0 bridgehead atoms. The van der Waals surface area contributed by atoms with Gasteiger partial charge in [-0.15, -0.1) is 6.58 Å². The van der Waals surface area contributed by atoms with E-state index in [9.17, 15) is 9.90 Å². The number of hydrogen-bond donors (Lipinski definition) is 1. The molecule has 22 heavy (non-hydrogen) atoms. The lowest BCUT2D eigenvalue weighted by molar-refractivity contribution is -0.164. The van der Waals surface area contributed by atoms with E-state index < -0.39 is 11.4 Å². The average Bonchev–Trinajstić information content (AvgIpc) is 2.46. The number of carboxylic acid groups (broad SMARTS) is 1. The minimum atomic E-state index is -0.581. The molecule has 0 aromatic heterocycles. The van der Waals surface area contributed by atoms with E-state index in [1.54, 1.807) is 5.57 Å². The summed E-state index contributed by atoms with van der Waals surface area (Å²) < 4.78 is 0. The molecular formula is C20H30O2. The molecule has 3 rings (SSSR count). The van der Waals surface area contributed by atoms with Crippen molar-refractivity contribution >= 4 is 5.97 Å². The van der Waals surface area contributed by atoms with Crippen molar-refractivity contribution in [1.82, 2.24) is 0 Å². The minimum Gasteiger partial charge on any atom is -0.481 e. The highest BCUT2D eigenvalue weighted by Gasteiger charge is 2.58. The van der Waals surface area contributed by atoms with Crippen LogP contribution in [0.15, 0.2) is 24.3 Å². The van der Waals surface area contributed by atoms with Gasteiger partial charge < -0.3 is 5.11 Å². The quantitative estimate of drug-likeness (QED) is 0.711. The highest BCUT2D eigenvalue weighted by atomic mass is 16.4. The lowest BCUT2D eigenvalue weighted by atomic mass is 9.45. The molecule has 122 valence electrons. The monoisotopic (exact) mass is 302 g/mol. The molecule has 3 aliphatic carbocycles. The van der Waals surface area contributed by atoms with Crippen LogP contribution in [0.1, 0.15) is 65.7 Å². The molecule has 5 atom stereocenters. The maximum absolute atomic E-state index is 12.0. The Balaban J connectivity index is 1.99. The van der Waals surface area contributed by atoms with Gasteiger partial charge in [-0.3, -0.25) is 4.79 Å². The summed E-state index contributed by atoms with van der Waals surface area (Å²) >= 11 is 0. The SMILES string of the molecule is C=C[C@]1(C)C=C2CC[C@H]3[C@@](C)(CCC[C@@]3(C)C(=O)O)[C@H]2CC1. The largest absolute Gasteiger partial charge is 0.481 e. The van der Waals surface area contributed by atoms with Crippen LogP contribution < -0.4 is 0 Å². The molecular weight excluding hydrogens is 272 g/mol. The average molecular weight is 302 g/mol. The topological polar surface area (TPSA) is 37.3 Å². The van der Waals surface area contributed by atoms with Crippen LogP contribution in [0.25, 0.3) is 0 Å². The van der Waals surface area contributed by atoms with Crippen molar-refractivity contribution in [1.29, 1.82) is 0 Å². The molecule has 2 fully saturated rings. The Labute approximate surface area is 134 Å². The fraction of sp³-hybridized carbons (Fsp3) is 0.750. The van der Waals surface area contributed by atoms with Gasteiger partial charge in [0.1, 0.15) is 0 Å². The fourth-order valence-corrected chi connectivity index (χ4v) is 5.94. The summed E-state index contributed by atoms with van der Waals surface area (Å²) in [6.45, 7) is 10.7. The van der Waals surface area contributed by atoms with Crippen LogP contribution in [0.4, 0.5) is 0 Å². The number of carboxylic acids is 1. The molecule has 0 unspecified atom stereocenters. The van der Waals surface area contributed by atoms with Gasteiger partial charge in [0.2, 0.25) is 0 Å². The summed E-state index contributed by atoms with van der Waals surface area (Å²) in [5.41, 5.74) is 1.36. The van der Waals surface area contributed by atoms with Gasteiger partial charge in [-0.1, -0.05) is 38.0 Å². The van der Waals surface area contributed by atoms with Crippen LogP contribution in [-0.2, 0) is 4.79 Å². The Morgan fingerprint density at radius 3 is 2.64 bits per heavy atom. The third-order valence-corrected chi connectivity index (χ3v) is 7.38. The second-order valence-electron chi connectivity index (χ2n) is 8.69. The molecule has 0 amide bonds. The summed E-state index contributed by atoms with van der Waals surface area (Å²) in [5, 5.41) is 9.84. The summed E-state index contributed by atoms with van der Waals surface area (Å²) in [4.78, 5) is 12.0. The predicted molar refractivity (Wildman–Crippen MR) is 89.5 cm³/mol. The van der Waals surface area contributed by atoms with E-state index in [0.717, 1.165) is 32.1 Å². The molecule has 0 aliphatic heterocycles. The van der Waals surface area contributed by atoms with Crippen molar-refractivity contribution in [3.05, 3.63) is 24.3 Å². The van der Waals surface area contributed by atoms with Gasteiger partial charge in [0.05, 0.1) is 5.41 Å². The van der Waals surface area contributed by atoms with Crippen LogP contribution in [0, 0.1) is 28.1 Å². The number of fused-ring (bicyclic) bond motifs is 3. The van der Waals surface area contributed by atoms with E-state index >= 15 is 0 Å². The van der Waals surface area contributed by atoms with Gasteiger partial charge in [-0.05, 0) is 62.7 Å². The van der Waals surface area contributed by atoms with Crippen LogP contribution in [-0.4, -0.2) is 11.1 Å². The lowest BCUT2D eigenvalue weighted by Gasteiger charge is -2.59. The molecule has 0 radical (unpaired) electrons. The molecule has 0 saturated heterocycles. The summed E-state index contributed by atoms with van der Waals surface area (Å²) in [7, 11) is 0. The predicted octanol–water partition coefficient (Wildman–Crippen LogP) is 5.21. The fourth-order valence-electron chi connectivity index (χ4n) is 5.94. The first-order valence-corrected chi connectivity index (χ1v) is 8.84. The van der Waals surface area contributed by atoms with Gasteiger partial charge in [0, 0.05) is 5.41 Å². The van der Waals surface area contributed by atoms with E-state index in [-0.39, 0.29) is 10.8 Å². The van der Waals surface area contributed by atoms with E-state index in [1.807, 2.05) is 6.92 Å². The zero-order valence-electron chi connectivity index (χ0n) is 14.3. The molecule has 0 aromatic rings. The smallest absolute Gasteiger partial charge is 0.309 e. The molecule has 2 saturated carbocycles. The van der Waals surface area contributed by atoms with E-state index in [0.29, 0.717) is 11.8 Å². The van der Waals surface area contributed by atoms with Gasteiger partial charge in [-0.25, -0.2) is 0 Å². The second-order valence-corrected chi connectivity index (χ2v) is 8.69. The summed E-state index contributed by atoms with van der Waals surface area (Å²) in [6, 6.07) is 0. The number of allylic oxidation sites excluding steroid dienone is 3. The van der Waals surface area contributed by atoms with Crippen LogP contribution in [0.3, 0.4) is 0 Å². The van der Waals surface area contributed by atoms with Crippen molar-refractivity contribution in [3.8, 4) is 0 Å². The molecule has 3 aliphatic rings. The molecule has 1 N–H and O–H groups in total. The molecule has 2 heteroatoms. The van der Waals surface area contributed by atoms with Gasteiger partial charge in [0.15, 0.2) is 0 Å². The zero-order chi connectivity index (χ0) is 16.2. The highest BCUT2D eigenvalue weighted by Crippen LogP contribution is 2.63. The maximum Gasteiger partial charge on any atom is 0.309 e. The minimum absolute atomic E-state index is 0.139. The normalized spacial score (nSPS) is 47.9. The Kier molecular flexibility index (Phi) is 3.58. The Bertz CT molecular complexity index is 534. The Morgan fingerprint density at radius 1 is 1.27 bits per heavy atom. The zero-order valence-corrected chi connectivity index (χ0v) is 14.3. The van der Waals surface area contributed by atoms with Crippen LogP contribution in [0.5, 0.6) is 0 Å². The second kappa shape index (κ2) is 4.97. The molecule has 0 spiro atoms. The van der Waals surface area contributed by atoms with Crippen molar-refractivity contribution in [2.75, 3.05) is 0 Å². The van der Waals surface area contributed by atoms with Crippen LogP contribution in [0.2, 0.25) is 0 Å². The van der Waals surface area contributed by atoms with Crippen molar-refractivity contribution in [2.45, 2.75) is 65.7 Å². The molecule has 0 aromatic carbocycles. The number of carbonyl (C=O) groups is 1. The van der Waals surface area contributed by atoms with Gasteiger partial charge in [-0.2, -0.15) is 0 Å². The third kappa shape index (κ3) is 2.10. The molecule has 0 heterocycles. The summed E-state index contributed by atoms with van der Waals surface area (Å²) in [5.74, 6) is 0.322. The van der Waals surface area contributed by atoms with Crippen molar-refractivity contribution in [2.24, 2.45) is 28.1 Å².